The van der Waals surface area contributed by atoms with Crippen LogP contribution in [0.15, 0.2) is 18.2 Å². The third kappa shape index (κ3) is 3.88. The van der Waals surface area contributed by atoms with Crippen LogP contribution in [0.2, 0.25) is 0 Å². The minimum Gasteiger partial charge on any atom is -0.497 e. The van der Waals surface area contributed by atoms with Crippen molar-refractivity contribution in [2.24, 2.45) is 0 Å². The van der Waals surface area contributed by atoms with E-state index in [9.17, 15) is 9.59 Å². The molecule has 20 heavy (non-hydrogen) atoms. The van der Waals surface area contributed by atoms with Crippen LogP contribution in [0, 0.1) is 0 Å². The standard InChI is InChI=1S/C14H20N2O4/c1-4-7-16(9-13(17)20-3)14(18)11-8-10(19-2)5-6-12(11)15/h5-6,8H,4,7,9,15H2,1-3H3. The Hall–Kier alpha value is -2.24. The average Bonchev–Trinajstić information content (AvgIpc) is 2.46. The largest absolute Gasteiger partial charge is 0.497 e. The van der Waals surface area contributed by atoms with Gasteiger partial charge in [-0.3, -0.25) is 9.59 Å². The Bertz CT molecular complexity index is 488. The number of amides is 1. The van der Waals surface area contributed by atoms with Gasteiger partial charge >= 0.3 is 5.97 Å². The predicted octanol–water partition coefficient (Wildman–Crippen LogP) is 1.30. The molecular formula is C14H20N2O4. The number of rotatable bonds is 6. The molecule has 1 aromatic rings. The first-order valence-electron chi connectivity index (χ1n) is 6.33. The maximum atomic E-state index is 12.5. The van der Waals surface area contributed by atoms with Crippen LogP contribution < -0.4 is 10.5 Å². The van der Waals surface area contributed by atoms with Gasteiger partial charge in [0.15, 0.2) is 0 Å². The van der Waals surface area contributed by atoms with Crippen molar-refractivity contribution >= 4 is 17.6 Å². The fraction of sp³-hybridized carbons (Fsp3) is 0.429. The van der Waals surface area contributed by atoms with Crippen LogP contribution in [0.5, 0.6) is 5.75 Å². The lowest BCUT2D eigenvalue weighted by molar-refractivity contribution is -0.141. The molecule has 0 saturated heterocycles. The lowest BCUT2D eigenvalue weighted by Crippen LogP contribution is -2.37. The molecule has 0 aliphatic carbocycles. The van der Waals surface area contributed by atoms with Crippen molar-refractivity contribution in [2.75, 3.05) is 33.0 Å². The summed E-state index contributed by atoms with van der Waals surface area (Å²) in [6.45, 7) is 2.27. The normalized spacial score (nSPS) is 9.95. The Kier molecular flexibility index (Phi) is 5.83. The Labute approximate surface area is 118 Å². The van der Waals surface area contributed by atoms with Crippen molar-refractivity contribution in [1.29, 1.82) is 0 Å². The van der Waals surface area contributed by atoms with Gasteiger partial charge in [0.2, 0.25) is 0 Å². The zero-order valence-electron chi connectivity index (χ0n) is 12.0. The van der Waals surface area contributed by atoms with E-state index < -0.39 is 5.97 Å². The van der Waals surface area contributed by atoms with Crippen LogP contribution in [0.25, 0.3) is 0 Å². The number of hydrogen-bond donors (Lipinski definition) is 1. The van der Waals surface area contributed by atoms with E-state index in [1.54, 1.807) is 18.2 Å². The van der Waals surface area contributed by atoms with Crippen molar-refractivity contribution in [1.82, 2.24) is 4.90 Å². The van der Waals surface area contributed by atoms with Crippen molar-refractivity contribution in [3.05, 3.63) is 23.8 Å². The number of carbonyl (C=O) groups is 2. The molecule has 110 valence electrons. The Balaban J connectivity index is 3.01. The van der Waals surface area contributed by atoms with Gasteiger partial charge in [-0.2, -0.15) is 0 Å². The molecule has 0 saturated carbocycles. The van der Waals surface area contributed by atoms with E-state index in [1.165, 1.54) is 19.1 Å². The summed E-state index contributed by atoms with van der Waals surface area (Å²) in [5, 5.41) is 0. The Morgan fingerprint density at radius 2 is 2.00 bits per heavy atom. The molecule has 6 nitrogen and oxygen atoms in total. The minimum atomic E-state index is -0.465. The Morgan fingerprint density at radius 1 is 1.30 bits per heavy atom. The van der Waals surface area contributed by atoms with Gasteiger partial charge in [-0.05, 0) is 24.6 Å². The highest BCUT2D eigenvalue weighted by molar-refractivity contribution is 6.00. The molecule has 2 N–H and O–H groups in total. The highest BCUT2D eigenvalue weighted by atomic mass is 16.5. The third-order valence-corrected chi connectivity index (χ3v) is 2.82. The maximum Gasteiger partial charge on any atom is 0.325 e. The number of anilines is 1. The van der Waals surface area contributed by atoms with E-state index in [2.05, 4.69) is 4.74 Å². The van der Waals surface area contributed by atoms with Gasteiger partial charge in [0.25, 0.3) is 5.91 Å². The predicted molar refractivity (Wildman–Crippen MR) is 75.6 cm³/mol. The van der Waals surface area contributed by atoms with Gasteiger partial charge in [0, 0.05) is 12.2 Å². The van der Waals surface area contributed by atoms with Crippen LogP contribution in [0.4, 0.5) is 5.69 Å². The zero-order valence-corrected chi connectivity index (χ0v) is 12.0. The van der Waals surface area contributed by atoms with E-state index in [0.717, 1.165) is 6.42 Å². The minimum absolute atomic E-state index is 0.0974. The van der Waals surface area contributed by atoms with Gasteiger partial charge < -0.3 is 20.1 Å². The van der Waals surface area contributed by atoms with E-state index in [0.29, 0.717) is 23.5 Å². The van der Waals surface area contributed by atoms with Gasteiger partial charge in [0.1, 0.15) is 12.3 Å². The first-order valence-corrected chi connectivity index (χ1v) is 6.33. The molecule has 1 aromatic carbocycles. The second kappa shape index (κ2) is 7.37. The highest BCUT2D eigenvalue weighted by Crippen LogP contribution is 2.21. The summed E-state index contributed by atoms with van der Waals surface area (Å²) in [5.74, 6) is -0.237. The fourth-order valence-electron chi connectivity index (χ4n) is 1.76. The number of esters is 1. The summed E-state index contributed by atoms with van der Waals surface area (Å²) in [6.07, 6.45) is 0.729. The second-order valence-corrected chi connectivity index (χ2v) is 4.26. The van der Waals surface area contributed by atoms with Gasteiger partial charge in [-0.15, -0.1) is 0 Å². The molecule has 0 unspecified atom stereocenters. The molecule has 0 aliphatic rings. The summed E-state index contributed by atoms with van der Waals surface area (Å²) >= 11 is 0. The zero-order chi connectivity index (χ0) is 15.1. The number of methoxy groups -OCH3 is 2. The molecule has 0 fully saturated rings. The van der Waals surface area contributed by atoms with E-state index in [4.69, 9.17) is 10.5 Å². The number of nitrogens with zero attached hydrogens (tertiary/aromatic N) is 1. The summed E-state index contributed by atoms with van der Waals surface area (Å²) in [6, 6.07) is 4.85. The summed E-state index contributed by atoms with van der Waals surface area (Å²) < 4.78 is 9.68. The quantitative estimate of drug-likeness (QED) is 0.627. The molecule has 0 bridgehead atoms. The van der Waals surface area contributed by atoms with Crippen LogP contribution in [-0.4, -0.2) is 44.1 Å². The average molecular weight is 280 g/mol. The monoisotopic (exact) mass is 280 g/mol. The molecule has 0 aliphatic heterocycles. The maximum absolute atomic E-state index is 12.5. The van der Waals surface area contributed by atoms with Gasteiger partial charge in [-0.1, -0.05) is 6.92 Å². The van der Waals surface area contributed by atoms with Crippen molar-refractivity contribution in [3.8, 4) is 5.75 Å². The molecule has 0 spiro atoms. The summed E-state index contributed by atoms with van der Waals surface area (Å²) in [4.78, 5) is 25.2. The topological polar surface area (TPSA) is 81.9 Å². The molecule has 1 rings (SSSR count). The first kappa shape index (κ1) is 15.8. The van der Waals surface area contributed by atoms with Crippen LogP contribution in [0.3, 0.4) is 0 Å². The Morgan fingerprint density at radius 3 is 2.55 bits per heavy atom. The van der Waals surface area contributed by atoms with Crippen molar-refractivity contribution in [2.45, 2.75) is 13.3 Å². The molecule has 0 aromatic heterocycles. The second-order valence-electron chi connectivity index (χ2n) is 4.26. The van der Waals surface area contributed by atoms with Crippen molar-refractivity contribution in [3.63, 3.8) is 0 Å². The molecule has 1 amide bonds. The lowest BCUT2D eigenvalue weighted by atomic mass is 10.1. The van der Waals surface area contributed by atoms with Crippen LogP contribution in [-0.2, 0) is 9.53 Å². The smallest absolute Gasteiger partial charge is 0.325 e. The first-order chi connectivity index (χ1) is 9.53. The molecule has 0 radical (unpaired) electrons. The SMILES string of the molecule is CCCN(CC(=O)OC)C(=O)c1cc(OC)ccc1N. The van der Waals surface area contributed by atoms with E-state index in [-0.39, 0.29) is 12.5 Å². The molecular weight excluding hydrogens is 260 g/mol. The van der Waals surface area contributed by atoms with Crippen LogP contribution >= 0.6 is 0 Å². The number of nitrogens with two attached hydrogens (primary N) is 1. The van der Waals surface area contributed by atoms with E-state index in [1.807, 2.05) is 6.92 Å². The number of nitrogen functional groups attached to an aromatic ring is 1. The number of ether oxygens (including phenoxy) is 2. The summed E-state index contributed by atoms with van der Waals surface area (Å²) in [7, 11) is 2.80. The van der Waals surface area contributed by atoms with Crippen molar-refractivity contribution < 1.29 is 19.1 Å². The van der Waals surface area contributed by atoms with Gasteiger partial charge in [0.05, 0.1) is 19.8 Å². The number of hydrogen-bond acceptors (Lipinski definition) is 5. The highest BCUT2D eigenvalue weighted by Gasteiger charge is 2.21. The summed E-state index contributed by atoms with van der Waals surface area (Å²) in [5.41, 5.74) is 6.49. The molecule has 0 heterocycles. The molecule has 0 atom stereocenters. The molecule has 6 heteroatoms. The van der Waals surface area contributed by atoms with Crippen LogP contribution in [0.1, 0.15) is 23.7 Å². The number of benzene rings is 1. The fourth-order valence-corrected chi connectivity index (χ4v) is 1.76. The lowest BCUT2D eigenvalue weighted by Gasteiger charge is -2.21. The van der Waals surface area contributed by atoms with Gasteiger partial charge in [-0.25, -0.2) is 0 Å². The third-order valence-electron chi connectivity index (χ3n) is 2.82. The van der Waals surface area contributed by atoms with E-state index >= 15 is 0 Å². The number of carbonyl (C=O) groups excluding carboxylic acids is 2.